The van der Waals surface area contributed by atoms with E-state index in [0.29, 0.717) is 11.2 Å². The molecule has 2 N–H and O–H groups in total. The lowest BCUT2D eigenvalue weighted by molar-refractivity contribution is -0.146. The molecule has 2 aliphatic rings. The largest absolute Gasteiger partial charge is 0.481 e. The number of carboxylic acids is 1. The summed E-state index contributed by atoms with van der Waals surface area (Å²) in [6, 6.07) is 17.7. The number of fused-ring (bicyclic) bond motifs is 3. The van der Waals surface area contributed by atoms with Gasteiger partial charge in [-0.15, -0.1) is 0 Å². The van der Waals surface area contributed by atoms with Gasteiger partial charge in [-0.05, 0) is 41.5 Å². The maximum absolute atomic E-state index is 13.1. The number of hydrogen-bond donors (Lipinski definition) is 2. The van der Waals surface area contributed by atoms with Crippen LogP contribution in [0, 0.1) is 23.7 Å². The number of aliphatic carboxylic acids is 1. The van der Waals surface area contributed by atoms with E-state index in [9.17, 15) is 14.7 Å². The number of allylic oxidation sites excluding steroid dienone is 2. The van der Waals surface area contributed by atoms with Gasteiger partial charge in [0.15, 0.2) is 0 Å². The van der Waals surface area contributed by atoms with Gasteiger partial charge in [-0.2, -0.15) is 0 Å². The van der Waals surface area contributed by atoms with Gasteiger partial charge in [-0.25, -0.2) is 0 Å². The first-order chi connectivity index (χ1) is 14.1. The number of amides is 1. The molecule has 2 aromatic carbocycles. The van der Waals surface area contributed by atoms with Gasteiger partial charge in [0.2, 0.25) is 5.91 Å². The molecule has 144 valence electrons. The molecule has 4 atom stereocenters. The van der Waals surface area contributed by atoms with E-state index in [2.05, 4.69) is 10.3 Å². The summed E-state index contributed by atoms with van der Waals surface area (Å²) in [5.41, 5.74) is 3.43. The van der Waals surface area contributed by atoms with Gasteiger partial charge in [0.1, 0.15) is 0 Å². The Balaban J connectivity index is 1.51. The van der Waals surface area contributed by atoms with Gasteiger partial charge in [0.05, 0.1) is 23.0 Å². The maximum Gasteiger partial charge on any atom is 0.307 e. The smallest absolute Gasteiger partial charge is 0.307 e. The fourth-order valence-electron chi connectivity index (χ4n) is 4.88. The van der Waals surface area contributed by atoms with Crippen LogP contribution in [-0.2, 0) is 9.59 Å². The number of nitrogens with zero attached hydrogens (tertiary/aromatic N) is 1. The van der Waals surface area contributed by atoms with Gasteiger partial charge in [-0.3, -0.25) is 14.6 Å². The zero-order valence-corrected chi connectivity index (χ0v) is 15.7. The second kappa shape index (κ2) is 6.85. The van der Waals surface area contributed by atoms with Crippen LogP contribution in [-0.4, -0.2) is 22.0 Å². The van der Waals surface area contributed by atoms with Crippen LogP contribution in [0.1, 0.15) is 6.42 Å². The molecule has 0 aliphatic heterocycles. The highest BCUT2D eigenvalue weighted by Crippen LogP contribution is 2.48. The molecule has 1 saturated carbocycles. The fourth-order valence-corrected chi connectivity index (χ4v) is 4.88. The molecule has 3 aromatic rings. The number of anilines is 1. The SMILES string of the molecule is O=C(O)[C@@H]1[C@H](C(=O)Nc2cccc3c(-c4ccccc4)ccnc23)[C@H]2C=C[C@H]1C2. The first kappa shape index (κ1) is 17.6. The Hall–Kier alpha value is -3.47. The summed E-state index contributed by atoms with van der Waals surface area (Å²) in [6.07, 6.45) is 6.41. The lowest BCUT2D eigenvalue weighted by Crippen LogP contribution is -2.36. The van der Waals surface area contributed by atoms with Crippen molar-refractivity contribution in [3.05, 3.63) is 72.9 Å². The Bertz CT molecular complexity index is 1140. The summed E-state index contributed by atoms with van der Waals surface area (Å²) in [5.74, 6) is -2.41. The second-order valence-corrected chi connectivity index (χ2v) is 7.75. The molecular formula is C24H20N2O3. The number of aromatic nitrogens is 1. The van der Waals surface area contributed by atoms with Crippen LogP contribution in [0.2, 0.25) is 0 Å². The molecule has 0 radical (unpaired) electrons. The Morgan fingerprint density at radius 3 is 2.45 bits per heavy atom. The van der Waals surface area contributed by atoms with Crippen molar-refractivity contribution in [1.82, 2.24) is 4.98 Å². The number of carboxylic acid groups (broad SMARTS) is 1. The third-order valence-electron chi connectivity index (χ3n) is 6.16. The summed E-state index contributed by atoms with van der Waals surface area (Å²) < 4.78 is 0. The molecule has 1 amide bonds. The normalized spacial score (nSPS) is 24.7. The van der Waals surface area contributed by atoms with Crippen LogP contribution in [0.5, 0.6) is 0 Å². The molecule has 1 fully saturated rings. The summed E-state index contributed by atoms with van der Waals surface area (Å²) in [4.78, 5) is 29.3. The summed E-state index contributed by atoms with van der Waals surface area (Å²) in [5, 5.41) is 13.5. The number of rotatable bonds is 4. The van der Waals surface area contributed by atoms with Crippen molar-refractivity contribution in [3.63, 3.8) is 0 Å². The minimum atomic E-state index is -0.899. The van der Waals surface area contributed by atoms with E-state index in [1.54, 1.807) is 6.20 Å². The van der Waals surface area contributed by atoms with Crippen molar-refractivity contribution >= 4 is 28.5 Å². The average Bonchev–Trinajstić information content (AvgIpc) is 3.36. The quantitative estimate of drug-likeness (QED) is 0.655. The molecule has 29 heavy (non-hydrogen) atoms. The molecule has 1 aromatic heterocycles. The van der Waals surface area contributed by atoms with Crippen LogP contribution < -0.4 is 5.32 Å². The van der Waals surface area contributed by atoms with E-state index in [-0.39, 0.29) is 17.7 Å². The molecule has 5 rings (SSSR count). The van der Waals surface area contributed by atoms with Crippen molar-refractivity contribution in [2.24, 2.45) is 23.7 Å². The Kier molecular flexibility index (Phi) is 4.16. The van der Waals surface area contributed by atoms with E-state index in [4.69, 9.17) is 0 Å². The monoisotopic (exact) mass is 384 g/mol. The number of carbonyl (C=O) groups is 2. The predicted octanol–water partition coefficient (Wildman–Crippen LogP) is 4.36. The Morgan fingerprint density at radius 2 is 1.69 bits per heavy atom. The molecule has 2 aliphatic carbocycles. The van der Waals surface area contributed by atoms with Crippen molar-refractivity contribution in [1.29, 1.82) is 0 Å². The topological polar surface area (TPSA) is 79.3 Å². The summed E-state index contributed by atoms with van der Waals surface area (Å²) in [6.45, 7) is 0. The molecule has 0 saturated heterocycles. The Labute approximate surface area is 168 Å². The average molecular weight is 384 g/mol. The number of para-hydroxylation sites is 1. The van der Waals surface area contributed by atoms with Crippen LogP contribution in [0.15, 0.2) is 72.9 Å². The fraction of sp³-hybridized carbons (Fsp3) is 0.208. The number of hydrogen-bond acceptors (Lipinski definition) is 3. The molecule has 2 bridgehead atoms. The van der Waals surface area contributed by atoms with E-state index in [0.717, 1.165) is 22.9 Å². The number of carbonyl (C=O) groups excluding carboxylic acids is 1. The van der Waals surface area contributed by atoms with Crippen LogP contribution in [0.25, 0.3) is 22.0 Å². The third kappa shape index (κ3) is 2.90. The zero-order chi connectivity index (χ0) is 20.0. The van der Waals surface area contributed by atoms with Gasteiger partial charge in [-0.1, -0.05) is 54.6 Å². The Morgan fingerprint density at radius 1 is 0.931 bits per heavy atom. The van der Waals surface area contributed by atoms with Crippen LogP contribution >= 0.6 is 0 Å². The lowest BCUT2D eigenvalue weighted by atomic mass is 9.82. The molecule has 0 unspecified atom stereocenters. The first-order valence-corrected chi connectivity index (χ1v) is 9.78. The van der Waals surface area contributed by atoms with Gasteiger partial charge < -0.3 is 10.4 Å². The molecule has 1 heterocycles. The maximum atomic E-state index is 13.1. The minimum Gasteiger partial charge on any atom is -0.481 e. The number of nitrogens with one attached hydrogen (secondary N) is 1. The van der Waals surface area contributed by atoms with Crippen molar-refractivity contribution in [2.75, 3.05) is 5.32 Å². The third-order valence-corrected chi connectivity index (χ3v) is 6.16. The van der Waals surface area contributed by atoms with E-state index < -0.39 is 17.8 Å². The number of benzene rings is 2. The zero-order valence-electron chi connectivity index (χ0n) is 15.7. The van der Waals surface area contributed by atoms with E-state index >= 15 is 0 Å². The van der Waals surface area contributed by atoms with E-state index in [1.807, 2.05) is 66.7 Å². The van der Waals surface area contributed by atoms with Crippen LogP contribution in [0.3, 0.4) is 0 Å². The highest BCUT2D eigenvalue weighted by Gasteiger charge is 2.51. The lowest BCUT2D eigenvalue weighted by Gasteiger charge is -2.24. The van der Waals surface area contributed by atoms with Gasteiger partial charge in [0.25, 0.3) is 0 Å². The van der Waals surface area contributed by atoms with Crippen molar-refractivity contribution in [3.8, 4) is 11.1 Å². The van der Waals surface area contributed by atoms with E-state index in [1.165, 1.54) is 0 Å². The van der Waals surface area contributed by atoms with Gasteiger partial charge in [0, 0.05) is 11.6 Å². The molecular weight excluding hydrogens is 364 g/mol. The van der Waals surface area contributed by atoms with Gasteiger partial charge >= 0.3 is 5.97 Å². The molecule has 5 heteroatoms. The predicted molar refractivity (Wildman–Crippen MR) is 111 cm³/mol. The van der Waals surface area contributed by atoms with Crippen molar-refractivity contribution in [2.45, 2.75) is 6.42 Å². The number of pyridine rings is 1. The van der Waals surface area contributed by atoms with Crippen LogP contribution in [0.4, 0.5) is 5.69 Å². The standard InChI is InChI=1S/C24H20N2O3/c27-23(20-15-9-10-16(13-15)21(20)24(28)29)26-19-8-4-7-18-17(11-12-25-22(18)19)14-5-2-1-3-6-14/h1-12,15-16,20-21H,13H2,(H,26,27)(H,28,29)/t15-,16-,20+,21-/m0/s1. The molecule has 5 nitrogen and oxygen atoms in total. The van der Waals surface area contributed by atoms with Crippen molar-refractivity contribution < 1.29 is 14.7 Å². The molecule has 0 spiro atoms. The summed E-state index contributed by atoms with van der Waals surface area (Å²) in [7, 11) is 0. The second-order valence-electron chi connectivity index (χ2n) is 7.75. The highest BCUT2D eigenvalue weighted by molar-refractivity contribution is 6.06. The summed E-state index contributed by atoms with van der Waals surface area (Å²) >= 11 is 0. The minimum absolute atomic E-state index is 0.0103. The first-order valence-electron chi connectivity index (χ1n) is 9.78. The highest BCUT2D eigenvalue weighted by atomic mass is 16.4.